The van der Waals surface area contributed by atoms with Gasteiger partial charge in [-0.05, 0) is 31.2 Å². The van der Waals surface area contributed by atoms with Gasteiger partial charge in [0.2, 0.25) is 0 Å². The number of benzene rings is 2. The molecule has 0 bridgehead atoms. The van der Waals surface area contributed by atoms with Gasteiger partial charge in [0.15, 0.2) is 6.10 Å². The maximum atomic E-state index is 12.0. The van der Waals surface area contributed by atoms with Gasteiger partial charge in [-0.2, -0.15) is 0 Å². The van der Waals surface area contributed by atoms with Crippen molar-refractivity contribution >= 4 is 28.7 Å². The molecule has 3 aromatic rings. The number of hydrogen-bond donors (Lipinski definition) is 3. The number of amides is 2. The molecule has 9 nitrogen and oxygen atoms in total. The molecule has 2 amide bonds. The van der Waals surface area contributed by atoms with Crippen LogP contribution in [-0.4, -0.2) is 33.9 Å². The lowest BCUT2D eigenvalue weighted by atomic mass is 10.2. The molecule has 0 unspecified atom stereocenters. The number of nitrogens with zero attached hydrogens (tertiary/aromatic N) is 1. The molecule has 0 saturated carbocycles. The number of nitrogens with one attached hydrogen (secondary N) is 3. The van der Waals surface area contributed by atoms with Gasteiger partial charge in [-0.25, -0.2) is 4.98 Å². The first-order valence-electron chi connectivity index (χ1n) is 9.26. The number of para-hydroxylation sites is 1. The van der Waals surface area contributed by atoms with Gasteiger partial charge in [-0.15, -0.1) is 0 Å². The first kappa shape index (κ1) is 20.7. The van der Waals surface area contributed by atoms with Crippen molar-refractivity contribution in [2.75, 3.05) is 0 Å². The molecule has 30 heavy (non-hydrogen) atoms. The minimum Gasteiger partial charge on any atom is -0.452 e. The second-order valence-corrected chi connectivity index (χ2v) is 6.47. The van der Waals surface area contributed by atoms with Crippen molar-refractivity contribution in [1.29, 1.82) is 0 Å². The highest BCUT2D eigenvalue weighted by Crippen LogP contribution is 2.07. The Bertz CT molecular complexity index is 1130. The van der Waals surface area contributed by atoms with E-state index in [2.05, 4.69) is 20.8 Å². The molecule has 2 aromatic carbocycles. The number of hydrogen-bond acceptors (Lipinski definition) is 6. The molecule has 0 aliphatic heterocycles. The summed E-state index contributed by atoms with van der Waals surface area (Å²) >= 11 is 0. The zero-order valence-electron chi connectivity index (χ0n) is 16.2. The summed E-state index contributed by atoms with van der Waals surface area (Å²) < 4.78 is 5.07. The predicted molar refractivity (Wildman–Crippen MR) is 108 cm³/mol. The second kappa shape index (κ2) is 9.46. The quantitative estimate of drug-likeness (QED) is 0.416. The van der Waals surface area contributed by atoms with Gasteiger partial charge in [-0.3, -0.25) is 30.0 Å². The van der Waals surface area contributed by atoms with E-state index < -0.39 is 23.9 Å². The number of aromatic nitrogens is 2. The number of aryl methyl sites for hydroxylation is 1. The summed E-state index contributed by atoms with van der Waals surface area (Å²) in [5.74, 6) is -1.45. The van der Waals surface area contributed by atoms with Crippen LogP contribution in [0.2, 0.25) is 0 Å². The Hall–Kier alpha value is -4.01. The van der Waals surface area contributed by atoms with Crippen molar-refractivity contribution < 1.29 is 19.1 Å². The van der Waals surface area contributed by atoms with Crippen molar-refractivity contribution in [2.45, 2.75) is 25.9 Å². The number of carbonyl (C=O) groups is 3. The maximum Gasteiger partial charge on any atom is 0.307 e. The molecule has 0 radical (unpaired) electrons. The third-order valence-corrected chi connectivity index (χ3v) is 4.24. The van der Waals surface area contributed by atoms with E-state index in [1.807, 2.05) is 0 Å². The number of hydrazine groups is 1. The summed E-state index contributed by atoms with van der Waals surface area (Å²) in [7, 11) is 0. The molecule has 1 atom stereocenters. The van der Waals surface area contributed by atoms with E-state index in [9.17, 15) is 19.2 Å². The minimum absolute atomic E-state index is 0.0741. The Morgan fingerprint density at radius 3 is 2.50 bits per heavy atom. The SMILES string of the molecule is C[C@@H](OC(=O)CCc1nc2ccccc2c(=O)[nH]1)C(=O)NNC(=O)c1ccccc1. The monoisotopic (exact) mass is 408 g/mol. The number of esters is 1. The van der Waals surface area contributed by atoms with Gasteiger partial charge in [0, 0.05) is 12.0 Å². The van der Waals surface area contributed by atoms with Gasteiger partial charge in [0.1, 0.15) is 5.82 Å². The predicted octanol–water partition coefficient (Wildman–Crippen LogP) is 1.25. The number of aromatic amines is 1. The largest absolute Gasteiger partial charge is 0.452 e. The highest BCUT2D eigenvalue weighted by atomic mass is 16.5. The van der Waals surface area contributed by atoms with E-state index in [-0.39, 0.29) is 18.4 Å². The van der Waals surface area contributed by atoms with Crippen LogP contribution in [0.15, 0.2) is 59.4 Å². The summed E-state index contributed by atoms with van der Waals surface area (Å²) in [5, 5.41) is 0.465. The molecule has 0 aliphatic carbocycles. The molecule has 0 saturated heterocycles. The lowest BCUT2D eigenvalue weighted by molar-refractivity contribution is -0.155. The normalized spacial score (nSPS) is 11.5. The third kappa shape index (κ3) is 5.28. The average molecular weight is 408 g/mol. The van der Waals surface area contributed by atoms with E-state index in [0.717, 1.165) is 0 Å². The number of H-pyrrole nitrogens is 1. The average Bonchev–Trinajstić information content (AvgIpc) is 2.76. The summed E-state index contributed by atoms with van der Waals surface area (Å²) in [5.41, 5.74) is 5.09. The molecule has 0 aliphatic rings. The van der Waals surface area contributed by atoms with Gasteiger partial charge in [0.25, 0.3) is 17.4 Å². The van der Waals surface area contributed by atoms with Crippen LogP contribution in [0.3, 0.4) is 0 Å². The van der Waals surface area contributed by atoms with Crippen LogP contribution in [0.25, 0.3) is 10.9 Å². The van der Waals surface area contributed by atoms with Crippen LogP contribution >= 0.6 is 0 Å². The van der Waals surface area contributed by atoms with Crippen molar-refractivity contribution in [3.8, 4) is 0 Å². The zero-order chi connectivity index (χ0) is 21.5. The summed E-state index contributed by atoms with van der Waals surface area (Å²) in [6.45, 7) is 1.39. The Morgan fingerprint density at radius 1 is 1.03 bits per heavy atom. The Kier molecular flexibility index (Phi) is 6.53. The number of rotatable bonds is 6. The van der Waals surface area contributed by atoms with Crippen molar-refractivity contribution in [3.05, 3.63) is 76.3 Å². The van der Waals surface area contributed by atoms with Crippen LogP contribution < -0.4 is 16.4 Å². The van der Waals surface area contributed by atoms with Crippen LogP contribution in [0.1, 0.15) is 29.5 Å². The molecule has 0 spiro atoms. The molecule has 1 heterocycles. The number of carbonyl (C=O) groups excluding carboxylic acids is 3. The van der Waals surface area contributed by atoms with Gasteiger partial charge < -0.3 is 9.72 Å². The lowest BCUT2D eigenvalue weighted by Crippen LogP contribution is -2.46. The molecule has 3 N–H and O–H groups in total. The van der Waals surface area contributed by atoms with Gasteiger partial charge in [0.05, 0.1) is 17.3 Å². The highest BCUT2D eigenvalue weighted by Gasteiger charge is 2.19. The molecular formula is C21H20N4O5. The van der Waals surface area contributed by atoms with Gasteiger partial charge >= 0.3 is 5.97 Å². The fraction of sp³-hybridized carbons (Fsp3) is 0.190. The van der Waals surface area contributed by atoms with Crippen LogP contribution in [-0.2, 0) is 20.7 Å². The standard InChI is InChI=1S/C21H20N4O5/c1-13(19(27)24-25-20(28)14-7-3-2-4-8-14)30-18(26)12-11-17-22-16-10-6-5-9-15(16)21(29)23-17/h2-10,13H,11-12H2,1H3,(H,24,27)(H,25,28)(H,22,23,29)/t13-/m1/s1. The minimum atomic E-state index is -1.11. The molecule has 9 heteroatoms. The molecule has 0 fully saturated rings. The molecule has 1 aromatic heterocycles. The zero-order valence-corrected chi connectivity index (χ0v) is 16.2. The molecule has 3 rings (SSSR count). The van der Waals surface area contributed by atoms with Crippen molar-refractivity contribution in [3.63, 3.8) is 0 Å². The second-order valence-electron chi connectivity index (χ2n) is 6.47. The summed E-state index contributed by atoms with van der Waals surface area (Å²) in [6, 6.07) is 15.2. The van der Waals surface area contributed by atoms with E-state index in [1.54, 1.807) is 54.6 Å². The van der Waals surface area contributed by atoms with Crippen molar-refractivity contribution in [1.82, 2.24) is 20.8 Å². The van der Waals surface area contributed by atoms with Crippen LogP contribution in [0.5, 0.6) is 0 Å². The summed E-state index contributed by atoms with van der Waals surface area (Å²) in [6.07, 6.45) is -1.04. The Labute approximate surface area is 171 Å². The number of ether oxygens (including phenoxy) is 1. The van der Waals surface area contributed by atoms with E-state index in [4.69, 9.17) is 4.74 Å². The first-order valence-corrected chi connectivity index (χ1v) is 9.26. The smallest absolute Gasteiger partial charge is 0.307 e. The maximum absolute atomic E-state index is 12.0. The fourth-order valence-electron chi connectivity index (χ4n) is 2.67. The van der Waals surface area contributed by atoms with Crippen LogP contribution in [0, 0.1) is 0 Å². The topological polar surface area (TPSA) is 130 Å². The van der Waals surface area contributed by atoms with Gasteiger partial charge in [-0.1, -0.05) is 30.3 Å². The van der Waals surface area contributed by atoms with Crippen LogP contribution in [0.4, 0.5) is 0 Å². The van der Waals surface area contributed by atoms with E-state index >= 15 is 0 Å². The fourth-order valence-corrected chi connectivity index (χ4v) is 2.67. The first-order chi connectivity index (χ1) is 14.4. The molecular weight excluding hydrogens is 388 g/mol. The Balaban J connectivity index is 1.48. The van der Waals surface area contributed by atoms with Crippen molar-refractivity contribution in [2.24, 2.45) is 0 Å². The molecule has 154 valence electrons. The van der Waals surface area contributed by atoms with E-state index in [1.165, 1.54) is 6.92 Å². The third-order valence-electron chi connectivity index (χ3n) is 4.24. The Morgan fingerprint density at radius 2 is 1.73 bits per heavy atom. The lowest BCUT2D eigenvalue weighted by Gasteiger charge is -2.14. The highest BCUT2D eigenvalue weighted by molar-refractivity contribution is 5.95. The number of fused-ring (bicyclic) bond motifs is 1. The summed E-state index contributed by atoms with van der Waals surface area (Å²) in [4.78, 5) is 54.9. The van der Waals surface area contributed by atoms with E-state index in [0.29, 0.717) is 22.3 Å².